The molecule has 2 heterocycles. The van der Waals surface area contributed by atoms with E-state index >= 15 is 0 Å². The predicted octanol–water partition coefficient (Wildman–Crippen LogP) is 2.35. The first-order valence-corrected chi connectivity index (χ1v) is 9.29. The van der Waals surface area contributed by atoms with Crippen LogP contribution >= 0.6 is 0 Å². The number of likely N-dealkylation sites (N-methyl/N-ethyl adjacent to an activating group) is 1. The van der Waals surface area contributed by atoms with Crippen LogP contribution in [-0.4, -0.2) is 57.8 Å². The Morgan fingerprint density at radius 1 is 1.16 bits per heavy atom. The van der Waals surface area contributed by atoms with Gasteiger partial charge in [-0.2, -0.15) is 0 Å². The first kappa shape index (κ1) is 15.9. The average molecular weight is 345 g/mol. The highest BCUT2D eigenvalue weighted by Gasteiger charge is 2.70. The fraction of sp³-hybridized carbons (Fsp3) is 0.700. The van der Waals surface area contributed by atoms with Gasteiger partial charge in [0.25, 0.3) is 0 Å². The van der Waals surface area contributed by atoms with Crippen molar-refractivity contribution in [2.45, 2.75) is 49.0 Å². The Hall–Kier alpha value is -1.30. The van der Waals surface area contributed by atoms with Crippen LogP contribution < -0.4 is 9.47 Å². The molecule has 1 saturated heterocycles. The lowest BCUT2D eigenvalue weighted by molar-refractivity contribution is -0.292. The van der Waals surface area contributed by atoms with Gasteiger partial charge in [0.05, 0.1) is 7.11 Å². The summed E-state index contributed by atoms with van der Waals surface area (Å²) in [6.07, 6.45) is 4.03. The zero-order chi connectivity index (χ0) is 17.4. The maximum absolute atomic E-state index is 6.64. The Morgan fingerprint density at radius 2 is 1.96 bits per heavy atom. The molecular formula is C20H27NO4. The number of hydrogen-bond acceptors (Lipinski definition) is 5. The molecule has 0 N–H and O–H groups in total. The second-order valence-corrected chi connectivity index (χ2v) is 8.04. The largest absolute Gasteiger partial charge is 0.493 e. The summed E-state index contributed by atoms with van der Waals surface area (Å²) in [6, 6.07) is 4.86. The van der Waals surface area contributed by atoms with E-state index < -0.39 is 5.79 Å². The van der Waals surface area contributed by atoms with Gasteiger partial charge in [0.2, 0.25) is 5.79 Å². The Balaban J connectivity index is 1.78. The minimum Gasteiger partial charge on any atom is -0.493 e. The van der Waals surface area contributed by atoms with Crippen molar-refractivity contribution in [2.24, 2.45) is 5.92 Å². The lowest BCUT2D eigenvalue weighted by Gasteiger charge is -2.60. The van der Waals surface area contributed by atoms with Crippen LogP contribution in [0.2, 0.25) is 0 Å². The van der Waals surface area contributed by atoms with Crippen LogP contribution in [0.25, 0.3) is 0 Å². The summed E-state index contributed by atoms with van der Waals surface area (Å²) < 4.78 is 24.2. The van der Waals surface area contributed by atoms with Crippen LogP contribution in [0.5, 0.6) is 11.5 Å². The summed E-state index contributed by atoms with van der Waals surface area (Å²) in [7, 11) is 7.49. The van der Waals surface area contributed by atoms with Crippen LogP contribution in [0.1, 0.15) is 30.4 Å². The van der Waals surface area contributed by atoms with Gasteiger partial charge in [-0.05, 0) is 50.4 Å². The van der Waals surface area contributed by atoms with E-state index in [0.29, 0.717) is 12.0 Å². The van der Waals surface area contributed by atoms with Crippen LogP contribution in [0.3, 0.4) is 0 Å². The quantitative estimate of drug-likeness (QED) is 0.787. The fourth-order valence-electron chi connectivity index (χ4n) is 6.36. The molecule has 1 spiro atoms. The van der Waals surface area contributed by atoms with E-state index in [2.05, 4.69) is 24.1 Å². The van der Waals surface area contributed by atoms with Crippen molar-refractivity contribution in [1.29, 1.82) is 0 Å². The molecule has 1 saturated carbocycles. The van der Waals surface area contributed by atoms with Gasteiger partial charge in [-0.3, -0.25) is 0 Å². The highest BCUT2D eigenvalue weighted by molar-refractivity contribution is 5.61. The molecule has 4 aliphatic rings. The monoisotopic (exact) mass is 345 g/mol. The SMILES string of the molecule is COc1ccc2c3c1O[C@H]1C(OC)(OC)CC[C@H]4[C@@H](C2)N(C)CC[C@@]341. The molecule has 4 atom stereocenters. The van der Waals surface area contributed by atoms with Gasteiger partial charge in [-0.1, -0.05) is 6.07 Å². The Morgan fingerprint density at radius 3 is 2.68 bits per heavy atom. The molecule has 136 valence electrons. The molecule has 2 aliphatic carbocycles. The van der Waals surface area contributed by atoms with Crippen LogP contribution in [0, 0.1) is 5.92 Å². The second kappa shape index (κ2) is 5.12. The van der Waals surface area contributed by atoms with Crippen molar-refractivity contribution in [3.8, 4) is 11.5 Å². The molecule has 2 bridgehead atoms. The Kier molecular flexibility index (Phi) is 3.26. The molecule has 0 amide bonds. The summed E-state index contributed by atoms with van der Waals surface area (Å²) in [6.45, 7) is 1.08. The topological polar surface area (TPSA) is 40.2 Å². The van der Waals surface area contributed by atoms with Gasteiger partial charge >= 0.3 is 0 Å². The minimum absolute atomic E-state index is 0.0289. The minimum atomic E-state index is -0.685. The van der Waals surface area contributed by atoms with Gasteiger partial charge in [-0.25, -0.2) is 0 Å². The highest BCUT2D eigenvalue weighted by atomic mass is 16.7. The van der Waals surface area contributed by atoms with Crippen molar-refractivity contribution < 1.29 is 18.9 Å². The summed E-state index contributed by atoms with van der Waals surface area (Å²) >= 11 is 0. The maximum Gasteiger partial charge on any atom is 0.206 e. The number of ether oxygens (including phenoxy) is 4. The van der Waals surface area contributed by atoms with E-state index in [1.807, 2.05) is 0 Å². The van der Waals surface area contributed by atoms with Crippen LogP contribution in [0.4, 0.5) is 0 Å². The summed E-state index contributed by atoms with van der Waals surface area (Å²) in [5.41, 5.74) is 2.76. The molecule has 2 fully saturated rings. The maximum atomic E-state index is 6.64. The zero-order valence-corrected chi connectivity index (χ0v) is 15.5. The molecule has 1 aromatic rings. The van der Waals surface area contributed by atoms with Crippen LogP contribution in [0.15, 0.2) is 12.1 Å². The van der Waals surface area contributed by atoms with Crippen molar-refractivity contribution in [3.63, 3.8) is 0 Å². The number of likely N-dealkylation sites (tertiary alicyclic amines) is 1. The Bertz CT molecular complexity index is 716. The van der Waals surface area contributed by atoms with E-state index in [0.717, 1.165) is 43.7 Å². The van der Waals surface area contributed by atoms with Crippen molar-refractivity contribution in [2.75, 3.05) is 34.9 Å². The predicted molar refractivity (Wildman–Crippen MR) is 93.3 cm³/mol. The van der Waals surface area contributed by atoms with E-state index in [9.17, 15) is 0 Å². The number of hydrogen-bond donors (Lipinski definition) is 0. The third kappa shape index (κ3) is 1.70. The van der Waals surface area contributed by atoms with Crippen molar-refractivity contribution in [3.05, 3.63) is 23.3 Å². The molecule has 2 aliphatic heterocycles. The second-order valence-electron chi connectivity index (χ2n) is 8.04. The van der Waals surface area contributed by atoms with E-state index in [1.165, 1.54) is 11.1 Å². The number of methoxy groups -OCH3 is 3. The van der Waals surface area contributed by atoms with Gasteiger partial charge in [-0.15, -0.1) is 0 Å². The van der Waals surface area contributed by atoms with Crippen molar-refractivity contribution in [1.82, 2.24) is 4.90 Å². The van der Waals surface area contributed by atoms with Gasteiger partial charge in [0.15, 0.2) is 17.6 Å². The number of piperidine rings is 1. The van der Waals surface area contributed by atoms with Gasteiger partial charge in [0, 0.05) is 37.7 Å². The summed E-state index contributed by atoms with van der Waals surface area (Å²) in [4.78, 5) is 2.55. The molecule has 25 heavy (non-hydrogen) atoms. The highest BCUT2D eigenvalue weighted by Crippen LogP contribution is 2.65. The smallest absolute Gasteiger partial charge is 0.206 e. The standard InChI is InChI=1S/C20H27NO4/c1-21-10-9-19-13-7-8-20(23-3,24-4)18(19)25-17-15(22-2)6-5-12(16(17)19)11-14(13)21/h5-6,13-14,18H,7-11H2,1-4H3/t13-,14+,18+,19-/m0/s1. The van der Waals surface area contributed by atoms with Crippen molar-refractivity contribution >= 4 is 0 Å². The molecule has 5 nitrogen and oxygen atoms in total. The lowest BCUT2D eigenvalue weighted by atomic mass is 9.50. The molecule has 0 radical (unpaired) electrons. The summed E-state index contributed by atoms with van der Waals surface area (Å²) in [5.74, 6) is 1.66. The molecule has 1 aromatic carbocycles. The number of nitrogens with zero attached hydrogens (tertiary/aromatic N) is 1. The lowest BCUT2D eigenvalue weighted by Crippen LogP contribution is -2.70. The van der Waals surface area contributed by atoms with Gasteiger partial charge in [0.1, 0.15) is 0 Å². The van der Waals surface area contributed by atoms with E-state index in [4.69, 9.17) is 18.9 Å². The van der Waals surface area contributed by atoms with E-state index in [1.54, 1.807) is 21.3 Å². The van der Waals surface area contributed by atoms with Crippen LogP contribution in [-0.2, 0) is 21.3 Å². The molecule has 5 heteroatoms. The molecule has 0 aromatic heterocycles. The number of benzene rings is 1. The molecule has 5 rings (SSSR count). The summed E-state index contributed by atoms with van der Waals surface area (Å²) in [5, 5.41) is 0. The third-order valence-corrected chi connectivity index (χ3v) is 7.49. The average Bonchev–Trinajstić information content (AvgIpc) is 3.00. The number of rotatable bonds is 3. The zero-order valence-electron chi connectivity index (χ0n) is 15.5. The first-order valence-electron chi connectivity index (χ1n) is 9.29. The van der Waals surface area contributed by atoms with E-state index in [-0.39, 0.29) is 11.5 Å². The normalized spacial score (nSPS) is 37.4. The Labute approximate surface area is 149 Å². The third-order valence-electron chi connectivity index (χ3n) is 7.49. The van der Waals surface area contributed by atoms with Gasteiger partial charge < -0.3 is 23.8 Å². The molecular weight excluding hydrogens is 318 g/mol. The fourth-order valence-corrected chi connectivity index (χ4v) is 6.36. The first-order chi connectivity index (χ1) is 12.1. The molecule has 0 unspecified atom stereocenters.